The predicted octanol–water partition coefficient (Wildman–Crippen LogP) is 2.00. The molecule has 1 saturated carbocycles. The third-order valence-corrected chi connectivity index (χ3v) is 3.40. The van der Waals surface area contributed by atoms with Crippen LogP contribution in [0.2, 0.25) is 0 Å². The number of rotatable bonds is 7. The average Bonchev–Trinajstić information content (AvgIpc) is 3.26. The van der Waals surface area contributed by atoms with Gasteiger partial charge < -0.3 is 15.8 Å². The molecule has 2 rings (SSSR count). The molecule has 3 N–H and O–H groups in total. The molecule has 1 amide bonds. The molecule has 4 heteroatoms. The summed E-state index contributed by atoms with van der Waals surface area (Å²) in [5, 5.41) is 2.87. The third-order valence-electron chi connectivity index (χ3n) is 3.40. The Labute approximate surface area is 114 Å². The van der Waals surface area contributed by atoms with Gasteiger partial charge in [-0.2, -0.15) is 0 Å². The number of hydrogen-bond donors (Lipinski definition) is 2. The van der Waals surface area contributed by atoms with Gasteiger partial charge >= 0.3 is 0 Å². The molecule has 4 nitrogen and oxygen atoms in total. The molecular formula is C15H22N2O2. The number of nitrogens with one attached hydrogen (secondary N) is 1. The molecule has 0 bridgehead atoms. The number of benzene rings is 1. The van der Waals surface area contributed by atoms with Crippen LogP contribution in [0.15, 0.2) is 24.3 Å². The molecule has 1 atom stereocenters. The Hall–Kier alpha value is -1.55. The van der Waals surface area contributed by atoms with E-state index in [1.165, 1.54) is 12.8 Å². The van der Waals surface area contributed by atoms with Crippen molar-refractivity contribution in [3.8, 4) is 5.75 Å². The van der Waals surface area contributed by atoms with E-state index in [4.69, 9.17) is 10.5 Å². The molecular weight excluding hydrogens is 240 g/mol. The van der Waals surface area contributed by atoms with Gasteiger partial charge in [-0.05, 0) is 42.9 Å². The maximum Gasteiger partial charge on any atom is 0.257 e. The highest BCUT2D eigenvalue weighted by Gasteiger charge is 2.21. The van der Waals surface area contributed by atoms with Gasteiger partial charge in [-0.25, -0.2) is 0 Å². The Morgan fingerprint density at radius 1 is 1.42 bits per heavy atom. The van der Waals surface area contributed by atoms with E-state index in [1.807, 2.05) is 24.3 Å². The van der Waals surface area contributed by atoms with E-state index in [0.29, 0.717) is 11.7 Å². The van der Waals surface area contributed by atoms with Crippen molar-refractivity contribution >= 4 is 5.91 Å². The molecule has 0 radical (unpaired) electrons. The van der Waals surface area contributed by atoms with E-state index < -0.39 is 0 Å². The minimum absolute atomic E-state index is 0.0544. The van der Waals surface area contributed by atoms with Gasteiger partial charge in [0.15, 0.2) is 6.61 Å². The van der Waals surface area contributed by atoms with Crippen molar-refractivity contribution in [1.29, 1.82) is 0 Å². The van der Waals surface area contributed by atoms with Crippen LogP contribution in [0.25, 0.3) is 0 Å². The smallest absolute Gasteiger partial charge is 0.257 e. The summed E-state index contributed by atoms with van der Waals surface area (Å²) in [6.07, 6.45) is 3.38. The van der Waals surface area contributed by atoms with Gasteiger partial charge in [0.25, 0.3) is 5.91 Å². The fourth-order valence-corrected chi connectivity index (χ4v) is 1.83. The summed E-state index contributed by atoms with van der Waals surface area (Å²) in [4.78, 5) is 11.5. The summed E-state index contributed by atoms with van der Waals surface area (Å²) >= 11 is 0. The number of hydrogen-bond acceptors (Lipinski definition) is 3. The first kappa shape index (κ1) is 13.9. The fourth-order valence-electron chi connectivity index (χ4n) is 1.83. The largest absolute Gasteiger partial charge is 0.484 e. The molecule has 0 unspecified atom stereocenters. The van der Waals surface area contributed by atoms with Crippen molar-refractivity contribution in [2.45, 2.75) is 32.2 Å². The second kappa shape index (κ2) is 6.57. The van der Waals surface area contributed by atoms with Crippen molar-refractivity contribution in [1.82, 2.24) is 5.32 Å². The minimum Gasteiger partial charge on any atom is -0.484 e. The van der Waals surface area contributed by atoms with Crippen LogP contribution >= 0.6 is 0 Å². The van der Waals surface area contributed by atoms with Gasteiger partial charge in [-0.15, -0.1) is 0 Å². The second-order valence-electron chi connectivity index (χ2n) is 5.12. The van der Waals surface area contributed by atoms with E-state index in [1.54, 1.807) is 0 Å². The highest BCUT2D eigenvalue weighted by molar-refractivity contribution is 5.77. The minimum atomic E-state index is -0.0544. The Bertz CT molecular complexity index is 413. The predicted molar refractivity (Wildman–Crippen MR) is 74.9 cm³/mol. The Balaban J connectivity index is 1.74. The van der Waals surface area contributed by atoms with Crippen LogP contribution in [-0.4, -0.2) is 19.1 Å². The zero-order chi connectivity index (χ0) is 13.7. The lowest BCUT2D eigenvalue weighted by Crippen LogP contribution is -2.30. The fraction of sp³-hybridized carbons (Fsp3) is 0.533. The zero-order valence-electron chi connectivity index (χ0n) is 11.4. The highest BCUT2D eigenvalue weighted by atomic mass is 16.5. The summed E-state index contributed by atoms with van der Waals surface area (Å²) < 4.78 is 5.44. The first-order valence-electron chi connectivity index (χ1n) is 6.94. The molecule has 0 spiro atoms. The lowest BCUT2D eigenvalue weighted by molar-refractivity contribution is -0.123. The third kappa shape index (κ3) is 4.56. The quantitative estimate of drug-likeness (QED) is 0.790. The number of nitrogens with two attached hydrogens (primary N) is 1. The SMILES string of the molecule is CC[C@H](N)c1ccc(OCC(=O)NCC2CC2)cc1. The van der Waals surface area contributed by atoms with Gasteiger partial charge in [0, 0.05) is 12.6 Å². The van der Waals surface area contributed by atoms with Crippen LogP contribution in [0.4, 0.5) is 0 Å². The molecule has 19 heavy (non-hydrogen) atoms. The van der Waals surface area contributed by atoms with Crippen molar-refractivity contribution in [3.63, 3.8) is 0 Å². The van der Waals surface area contributed by atoms with Crippen LogP contribution in [0.3, 0.4) is 0 Å². The van der Waals surface area contributed by atoms with Crippen LogP contribution in [0, 0.1) is 5.92 Å². The summed E-state index contributed by atoms with van der Waals surface area (Å²) in [7, 11) is 0. The standard InChI is InChI=1S/C15H22N2O2/c1-2-14(16)12-5-7-13(8-6-12)19-10-15(18)17-9-11-3-4-11/h5-8,11,14H,2-4,9-10,16H2,1H3,(H,17,18)/t14-/m0/s1. The topological polar surface area (TPSA) is 64.3 Å². The molecule has 1 aromatic carbocycles. The molecule has 1 aliphatic carbocycles. The normalized spacial score (nSPS) is 15.9. The molecule has 1 aliphatic rings. The monoisotopic (exact) mass is 262 g/mol. The van der Waals surface area contributed by atoms with Crippen molar-refractivity contribution in [3.05, 3.63) is 29.8 Å². The Morgan fingerprint density at radius 3 is 2.68 bits per heavy atom. The van der Waals surface area contributed by atoms with Gasteiger partial charge in [0.05, 0.1) is 0 Å². The van der Waals surface area contributed by atoms with Crippen LogP contribution in [0.5, 0.6) is 5.75 Å². The molecule has 0 saturated heterocycles. The van der Waals surface area contributed by atoms with Gasteiger partial charge in [0.2, 0.25) is 0 Å². The number of ether oxygens (including phenoxy) is 1. The zero-order valence-corrected chi connectivity index (χ0v) is 11.4. The lowest BCUT2D eigenvalue weighted by atomic mass is 10.1. The van der Waals surface area contributed by atoms with Crippen molar-refractivity contribution < 1.29 is 9.53 Å². The molecule has 0 heterocycles. The highest BCUT2D eigenvalue weighted by Crippen LogP contribution is 2.27. The molecule has 104 valence electrons. The summed E-state index contributed by atoms with van der Waals surface area (Å²) in [5.74, 6) is 1.34. The maximum absolute atomic E-state index is 11.5. The molecule has 0 aromatic heterocycles. The average molecular weight is 262 g/mol. The summed E-state index contributed by atoms with van der Waals surface area (Å²) in [6, 6.07) is 7.69. The van der Waals surface area contributed by atoms with Gasteiger partial charge in [-0.1, -0.05) is 19.1 Å². The Morgan fingerprint density at radius 2 is 2.11 bits per heavy atom. The molecule has 0 aliphatic heterocycles. The van der Waals surface area contributed by atoms with Gasteiger partial charge in [0.1, 0.15) is 5.75 Å². The number of carbonyl (C=O) groups excluding carboxylic acids is 1. The van der Waals surface area contributed by atoms with Crippen LogP contribution in [0.1, 0.15) is 37.8 Å². The second-order valence-corrected chi connectivity index (χ2v) is 5.12. The van der Waals surface area contributed by atoms with Crippen LogP contribution < -0.4 is 15.8 Å². The first-order chi connectivity index (χ1) is 9.19. The van der Waals surface area contributed by atoms with Crippen LogP contribution in [-0.2, 0) is 4.79 Å². The Kier molecular flexibility index (Phi) is 4.80. The summed E-state index contributed by atoms with van der Waals surface area (Å²) in [5.41, 5.74) is 7.03. The lowest BCUT2D eigenvalue weighted by Gasteiger charge is -2.11. The number of carbonyl (C=O) groups is 1. The number of amides is 1. The molecule has 1 fully saturated rings. The van der Waals surface area contributed by atoms with Crippen molar-refractivity contribution in [2.75, 3.05) is 13.2 Å². The van der Waals surface area contributed by atoms with E-state index in [9.17, 15) is 4.79 Å². The summed E-state index contributed by atoms with van der Waals surface area (Å²) in [6.45, 7) is 2.91. The first-order valence-corrected chi connectivity index (χ1v) is 6.94. The van der Waals surface area contributed by atoms with Crippen molar-refractivity contribution in [2.24, 2.45) is 11.7 Å². The van der Waals surface area contributed by atoms with E-state index in [0.717, 1.165) is 18.5 Å². The van der Waals surface area contributed by atoms with Gasteiger partial charge in [-0.3, -0.25) is 4.79 Å². The van der Waals surface area contributed by atoms with E-state index >= 15 is 0 Å². The van der Waals surface area contributed by atoms with E-state index in [-0.39, 0.29) is 18.6 Å². The van der Waals surface area contributed by atoms with E-state index in [2.05, 4.69) is 12.2 Å². The maximum atomic E-state index is 11.5. The molecule has 1 aromatic rings.